The summed E-state index contributed by atoms with van der Waals surface area (Å²) in [5.41, 5.74) is -2.25. The summed E-state index contributed by atoms with van der Waals surface area (Å²) in [7, 11) is 0. The molecule has 0 bridgehead atoms. The molecule has 1 aromatic heterocycles. The Morgan fingerprint density at radius 1 is 1.20 bits per heavy atom. The Kier molecular flexibility index (Phi) is 4.14. The maximum atomic E-state index is 14.5. The number of hydrogen-bond donors (Lipinski definition) is 0. The fourth-order valence-electron chi connectivity index (χ4n) is 4.14. The lowest BCUT2D eigenvalue weighted by atomic mass is 9.80. The molecule has 25 heavy (non-hydrogen) atoms. The summed E-state index contributed by atoms with van der Waals surface area (Å²) in [5.74, 6) is -0.447. The third kappa shape index (κ3) is 2.99. The molecule has 1 unspecified atom stereocenters. The molecule has 136 valence electrons. The van der Waals surface area contributed by atoms with E-state index >= 15 is 0 Å². The average molecular weight is 351 g/mol. The Morgan fingerprint density at radius 3 is 2.76 bits per heavy atom. The molecular weight excluding hydrogens is 328 g/mol. The molecule has 0 N–H and O–H groups in total. The summed E-state index contributed by atoms with van der Waals surface area (Å²) in [5, 5.41) is 0. The number of carbonyl (C=O) groups excluding carboxylic acids is 1. The number of aromatic nitrogens is 1. The summed E-state index contributed by atoms with van der Waals surface area (Å²) < 4.78 is 34.7. The molecule has 2 aliphatic heterocycles. The van der Waals surface area contributed by atoms with Gasteiger partial charge < -0.3 is 14.5 Å². The number of amides is 1. The standard InChI is InChI=1S/C18H23F2N3O2/c19-14-4-1-8-21-15(14)22-9-3-5-17(12-22)13-23(10-11-25-17)16(24)18(20)6-2-7-18/h1,4,8H,2-3,5-7,9-13H2. The van der Waals surface area contributed by atoms with Crippen LogP contribution in [0, 0.1) is 5.82 Å². The zero-order valence-electron chi connectivity index (χ0n) is 14.2. The lowest BCUT2D eigenvalue weighted by Crippen LogP contribution is -2.63. The molecule has 2 saturated heterocycles. The van der Waals surface area contributed by atoms with E-state index in [1.807, 2.05) is 4.90 Å². The molecule has 5 nitrogen and oxygen atoms in total. The fourth-order valence-corrected chi connectivity index (χ4v) is 4.14. The van der Waals surface area contributed by atoms with Gasteiger partial charge in [0.15, 0.2) is 17.3 Å². The fraction of sp³-hybridized carbons (Fsp3) is 0.667. The van der Waals surface area contributed by atoms with Crippen LogP contribution in [-0.2, 0) is 9.53 Å². The quantitative estimate of drug-likeness (QED) is 0.820. The van der Waals surface area contributed by atoms with E-state index in [0.29, 0.717) is 51.4 Å². The number of nitrogens with zero attached hydrogens (tertiary/aromatic N) is 3. The molecule has 1 aromatic rings. The van der Waals surface area contributed by atoms with Gasteiger partial charge >= 0.3 is 0 Å². The van der Waals surface area contributed by atoms with Crippen molar-refractivity contribution in [1.29, 1.82) is 0 Å². The Bertz CT molecular complexity index is 663. The highest BCUT2D eigenvalue weighted by Gasteiger charge is 2.50. The molecule has 3 fully saturated rings. The molecule has 0 aromatic carbocycles. The van der Waals surface area contributed by atoms with Gasteiger partial charge in [0.2, 0.25) is 0 Å². The number of halogens is 2. The number of hydrogen-bond acceptors (Lipinski definition) is 4. The van der Waals surface area contributed by atoms with Gasteiger partial charge in [-0.05, 0) is 44.2 Å². The van der Waals surface area contributed by atoms with Crippen molar-refractivity contribution in [2.24, 2.45) is 0 Å². The first-order valence-electron chi connectivity index (χ1n) is 8.99. The van der Waals surface area contributed by atoms with E-state index in [-0.39, 0.29) is 5.82 Å². The molecule has 1 aliphatic carbocycles. The topological polar surface area (TPSA) is 45.7 Å². The van der Waals surface area contributed by atoms with Crippen LogP contribution in [0.25, 0.3) is 0 Å². The van der Waals surface area contributed by atoms with Crippen molar-refractivity contribution in [3.8, 4) is 0 Å². The highest BCUT2D eigenvalue weighted by atomic mass is 19.1. The van der Waals surface area contributed by atoms with Gasteiger partial charge in [-0.15, -0.1) is 0 Å². The lowest BCUT2D eigenvalue weighted by Gasteiger charge is -2.49. The van der Waals surface area contributed by atoms with Crippen molar-refractivity contribution in [2.45, 2.75) is 43.4 Å². The molecule has 1 spiro atoms. The van der Waals surface area contributed by atoms with Crippen LogP contribution in [0.2, 0.25) is 0 Å². The van der Waals surface area contributed by atoms with E-state index in [1.165, 1.54) is 6.07 Å². The van der Waals surface area contributed by atoms with Crippen molar-refractivity contribution in [1.82, 2.24) is 9.88 Å². The minimum Gasteiger partial charge on any atom is -0.369 e. The second-order valence-electron chi connectivity index (χ2n) is 7.41. The number of morpholine rings is 1. The Labute approximate surface area is 146 Å². The highest BCUT2D eigenvalue weighted by molar-refractivity contribution is 5.86. The second kappa shape index (κ2) is 6.20. The summed E-state index contributed by atoms with van der Waals surface area (Å²) in [4.78, 5) is 20.2. The van der Waals surface area contributed by atoms with Crippen LogP contribution in [0.4, 0.5) is 14.6 Å². The first-order valence-corrected chi connectivity index (χ1v) is 8.99. The number of piperidine rings is 1. The molecule has 3 heterocycles. The van der Waals surface area contributed by atoms with E-state index in [2.05, 4.69) is 4.98 Å². The van der Waals surface area contributed by atoms with Gasteiger partial charge in [0.1, 0.15) is 5.60 Å². The number of carbonyl (C=O) groups is 1. The molecule has 4 rings (SSSR count). The van der Waals surface area contributed by atoms with Crippen molar-refractivity contribution < 1.29 is 18.3 Å². The predicted molar refractivity (Wildman–Crippen MR) is 88.6 cm³/mol. The van der Waals surface area contributed by atoms with Crippen molar-refractivity contribution in [3.63, 3.8) is 0 Å². The number of rotatable bonds is 2. The minimum atomic E-state index is -1.68. The summed E-state index contributed by atoms with van der Waals surface area (Å²) in [6, 6.07) is 2.96. The number of ether oxygens (including phenoxy) is 1. The SMILES string of the molecule is O=C(N1CCOC2(CCCN(c3ncccc3F)C2)C1)C1(F)CCC1. The second-order valence-corrected chi connectivity index (χ2v) is 7.41. The first kappa shape index (κ1) is 16.7. The van der Waals surface area contributed by atoms with Gasteiger partial charge in [0.05, 0.1) is 19.7 Å². The van der Waals surface area contributed by atoms with E-state index in [4.69, 9.17) is 4.74 Å². The van der Waals surface area contributed by atoms with Gasteiger partial charge in [0, 0.05) is 19.3 Å². The molecular formula is C18H23F2N3O2. The van der Waals surface area contributed by atoms with Crippen LogP contribution < -0.4 is 4.90 Å². The van der Waals surface area contributed by atoms with Gasteiger partial charge in [-0.25, -0.2) is 13.8 Å². The van der Waals surface area contributed by atoms with Gasteiger partial charge in [0.25, 0.3) is 5.91 Å². The zero-order valence-corrected chi connectivity index (χ0v) is 14.2. The Morgan fingerprint density at radius 2 is 2.04 bits per heavy atom. The summed E-state index contributed by atoms with van der Waals surface area (Å²) in [6.07, 6.45) is 4.58. The maximum absolute atomic E-state index is 14.5. The van der Waals surface area contributed by atoms with Crippen LogP contribution in [0.3, 0.4) is 0 Å². The third-order valence-corrected chi connectivity index (χ3v) is 5.64. The molecule has 3 aliphatic rings. The van der Waals surface area contributed by atoms with Crippen LogP contribution in [0.5, 0.6) is 0 Å². The van der Waals surface area contributed by atoms with E-state index in [0.717, 1.165) is 19.3 Å². The van der Waals surface area contributed by atoms with E-state index in [9.17, 15) is 13.6 Å². The number of pyridine rings is 1. The van der Waals surface area contributed by atoms with Crippen molar-refractivity contribution >= 4 is 11.7 Å². The molecule has 1 atom stereocenters. The zero-order chi connectivity index (χ0) is 17.5. The molecule has 0 radical (unpaired) electrons. The molecule has 1 amide bonds. The predicted octanol–water partition coefficient (Wildman–Crippen LogP) is 2.31. The third-order valence-electron chi connectivity index (χ3n) is 5.64. The first-order chi connectivity index (χ1) is 12.0. The average Bonchev–Trinajstić information content (AvgIpc) is 2.59. The largest absolute Gasteiger partial charge is 0.369 e. The maximum Gasteiger partial charge on any atom is 0.260 e. The van der Waals surface area contributed by atoms with Crippen LogP contribution in [0.15, 0.2) is 18.3 Å². The molecule has 7 heteroatoms. The minimum absolute atomic E-state index is 0.314. The van der Waals surface area contributed by atoms with Crippen LogP contribution in [-0.4, -0.2) is 59.8 Å². The van der Waals surface area contributed by atoms with Gasteiger partial charge in [-0.2, -0.15) is 0 Å². The normalized spacial score (nSPS) is 28.7. The molecule has 1 saturated carbocycles. The van der Waals surface area contributed by atoms with Crippen molar-refractivity contribution in [2.75, 3.05) is 37.7 Å². The number of alkyl halides is 1. The highest BCUT2D eigenvalue weighted by Crippen LogP contribution is 2.39. The summed E-state index contributed by atoms with van der Waals surface area (Å²) >= 11 is 0. The van der Waals surface area contributed by atoms with Crippen LogP contribution in [0.1, 0.15) is 32.1 Å². The smallest absolute Gasteiger partial charge is 0.260 e. The number of anilines is 1. The van der Waals surface area contributed by atoms with Gasteiger partial charge in [-0.1, -0.05) is 0 Å². The summed E-state index contributed by atoms with van der Waals surface area (Å²) in [6.45, 7) is 2.33. The van der Waals surface area contributed by atoms with Gasteiger partial charge in [-0.3, -0.25) is 4.79 Å². The van der Waals surface area contributed by atoms with Crippen molar-refractivity contribution in [3.05, 3.63) is 24.1 Å². The Balaban J connectivity index is 1.51. The lowest BCUT2D eigenvalue weighted by molar-refractivity contribution is -0.168. The van der Waals surface area contributed by atoms with E-state index < -0.39 is 17.2 Å². The monoisotopic (exact) mass is 351 g/mol. The van der Waals surface area contributed by atoms with E-state index in [1.54, 1.807) is 17.2 Å². The van der Waals surface area contributed by atoms with Crippen LogP contribution >= 0.6 is 0 Å². The Hall–Kier alpha value is -1.76.